The van der Waals surface area contributed by atoms with Crippen molar-refractivity contribution >= 4 is 23.4 Å². The maximum absolute atomic E-state index is 12.7. The van der Waals surface area contributed by atoms with Crippen LogP contribution in [0, 0.1) is 5.92 Å². The van der Waals surface area contributed by atoms with Crippen molar-refractivity contribution in [3.8, 4) is 0 Å². The topological polar surface area (TPSA) is 49.4 Å². The summed E-state index contributed by atoms with van der Waals surface area (Å²) in [6, 6.07) is 6.37. The molecule has 1 unspecified atom stereocenters. The van der Waals surface area contributed by atoms with Crippen molar-refractivity contribution in [1.29, 1.82) is 0 Å². The summed E-state index contributed by atoms with van der Waals surface area (Å²) in [5, 5.41) is 3.25. The van der Waals surface area contributed by atoms with Gasteiger partial charge in [0.1, 0.15) is 6.04 Å². The van der Waals surface area contributed by atoms with Crippen molar-refractivity contribution in [2.24, 2.45) is 5.92 Å². The van der Waals surface area contributed by atoms with Crippen LogP contribution in [-0.2, 0) is 4.79 Å². The molecule has 2 amide bonds. The first-order chi connectivity index (χ1) is 10.5. The Morgan fingerprint density at radius 3 is 2.36 bits per heavy atom. The number of piperidine rings is 1. The van der Waals surface area contributed by atoms with Gasteiger partial charge in [0.2, 0.25) is 5.91 Å². The number of carbonyl (C=O) groups excluding carboxylic acids is 2. The molecule has 0 spiro atoms. The van der Waals surface area contributed by atoms with E-state index in [4.69, 9.17) is 11.6 Å². The molecule has 1 saturated heterocycles. The van der Waals surface area contributed by atoms with E-state index in [0.717, 1.165) is 25.9 Å². The summed E-state index contributed by atoms with van der Waals surface area (Å²) in [7, 11) is 0. The number of nitrogens with zero attached hydrogens (tertiary/aromatic N) is 1. The molecule has 0 aromatic heterocycles. The maximum Gasteiger partial charge on any atom is 0.253 e. The highest BCUT2D eigenvalue weighted by molar-refractivity contribution is 6.33. The molecular weight excluding hydrogens is 300 g/mol. The molecule has 0 radical (unpaired) electrons. The van der Waals surface area contributed by atoms with E-state index < -0.39 is 6.04 Å². The number of rotatable bonds is 4. The van der Waals surface area contributed by atoms with E-state index in [1.807, 2.05) is 18.7 Å². The van der Waals surface area contributed by atoms with Crippen molar-refractivity contribution < 1.29 is 9.59 Å². The zero-order valence-electron chi connectivity index (χ0n) is 13.1. The monoisotopic (exact) mass is 322 g/mol. The highest BCUT2D eigenvalue weighted by atomic mass is 35.5. The summed E-state index contributed by atoms with van der Waals surface area (Å²) < 4.78 is 0. The number of hydrogen-bond donors (Lipinski definition) is 1. The fourth-order valence-corrected chi connectivity index (χ4v) is 2.91. The summed E-state index contributed by atoms with van der Waals surface area (Å²) >= 11 is 6.05. The molecule has 1 aromatic rings. The van der Waals surface area contributed by atoms with Crippen LogP contribution in [0.5, 0.6) is 0 Å². The minimum absolute atomic E-state index is 0.00936. The van der Waals surface area contributed by atoms with Crippen molar-refractivity contribution in [2.45, 2.75) is 39.2 Å². The molecule has 1 atom stereocenters. The first kappa shape index (κ1) is 16.8. The Labute approximate surface area is 136 Å². The lowest BCUT2D eigenvalue weighted by atomic mass is 10.0. The standard InChI is InChI=1S/C17H23ClN2O2/c1-12(2)15(17(22)20-10-6-3-7-11-20)19-16(21)13-8-4-5-9-14(13)18/h4-5,8-9,12,15H,3,6-7,10-11H2,1-2H3,(H,19,21). The second kappa shape index (κ2) is 7.63. The van der Waals surface area contributed by atoms with Crippen LogP contribution in [-0.4, -0.2) is 35.8 Å². The van der Waals surface area contributed by atoms with Crippen LogP contribution < -0.4 is 5.32 Å². The predicted octanol–water partition coefficient (Wildman–Crippen LogP) is 3.11. The number of amides is 2. The van der Waals surface area contributed by atoms with E-state index >= 15 is 0 Å². The zero-order valence-corrected chi connectivity index (χ0v) is 13.9. The van der Waals surface area contributed by atoms with Crippen LogP contribution in [0.4, 0.5) is 0 Å². The van der Waals surface area contributed by atoms with Crippen LogP contribution in [0.1, 0.15) is 43.5 Å². The quantitative estimate of drug-likeness (QED) is 0.926. The van der Waals surface area contributed by atoms with Gasteiger partial charge in [0.25, 0.3) is 5.91 Å². The molecule has 1 aliphatic rings. The van der Waals surface area contributed by atoms with Crippen molar-refractivity contribution in [3.05, 3.63) is 34.9 Å². The molecule has 1 heterocycles. The third-order valence-electron chi connectivity index (χ3n) is 4.01. The number of nitrogens with one attached hydrogen (secondary N) is 1. The lowest BCUT2D eigenvalue weighted by molar-refractivity contribution is -0.135. The van der Waals surface area contributed by atoms with Gasteiger partial charge in [-0.25, -0.2) is 0 Å². The fourth-order valence-electron chi connectivity index (χ4n) is 2.69. The average molecular weight is 323 g/mol. The minimum Gasteiger partial charge on any atom is -0.341 e. The Morgan fingerprint density at radius 1 is 1.14 bits per heavy atom. The summed E-state index contributed by atoms with van der Waals surface area (Å²) in [6.07, 6.45) is 3.24. The highest BCUT2D eigenvalue weighted by Gasteiger charge is 2.29. The Morgan fingerprint density at radius 2 is 1.77 bits per heavy atom. The van der Waals surface area contributed by atoms with E-state index in [1.54, 1.807) is 24.3 Å². The van der Waals surface area contributed by atoms with Gasteiger partial charge in [0.05, 0.1) is 10.6 Å². The van der Waals surface area contributed by atoms with Crippen molar-refractivity contribution in [2.75, 3.05) is 13.1 Å². The van der Waals surface area contributed by atoms with Gasteiger partial charge in [0.15, 0.2) is 0 Å². The molecule has 5 heteroatoms. The van der Waals surface area contributed by atoms with E-state index in [9.17, 15) is 9.59 Å². The van der Waals surface area contributed by atoms with E-state index in [0.29, 0.717) is 10.6 Å². The van der Waals surface area contributed by atoms with Gasteiger partial charge in [-0.3, -0.25) is 9.59 Å². The van der Waals surface area contributed by atoms with Gasteiger partial charge >= 0.3 is 0 Å². The molecule has 120 valence electrons. The minimum atomic E-state index is -0.512. The molecule has 0 saturated carbocycles. The summed E-state index contributed by atoms with van der Waals surface area (Å²) in [4.78, 5) is 26.9. The Kier molecular flexibility index (Phi) is 5.83. The van der Waals surface area contributed by atoms with Gasteiger partial charge in [-0.15, -0.1) is 0 Å². The number of hydrogen-bond acceptors (Lipinski definition) is 2. The van der Waals surface area contributed by atoms with Crippen LogP contribution in [0.15, 0.2) is 24.3 Å². The second-order valence-electron chi connectivity index (χ2n) is 6.06. The smallest absolute Gasteiger partial charge is 0.253 e. The van der Waals surface area contributed by atoms with Gasteiger partial charge in [-0.05, 0) is 37.3 Å². The Balaban J connectivity index is 2.10. The molecule has 0 aliphatic carbocycles. The molecular formula is C17H23ClN2O2. The largest absolute Gasteiger partial charge is 0.341 e. The number of halogens is 1. The molecule has 22 heavy (non-hydrogen) atoms. The molecule has 1 aromatic carbocycles. The SMILES string of the molecule is CC(C)C(NC(=O)c1ccccc1Cl)C(=O)N1CCCCC1. The Bertz CT molecular complexity index is 539. The summed E-state index contributed by atoms with van der Waals surface area (Å²) in [5.74, 6) is -0.259. The lowest BCUT2D eigenvalue weighted by Gasteiger charge is -2.32. The first-order valence-corrected chi connectivity index (χ1v) is 8.22. The van der Waals surface area contributed by atoms with E-state index in [-0.39, 0.29) is 17.7 Å². The van der Waals surface area contributed by atoms with Crippen LogP contribution in [0.3, 0.4) is 0 Å². The molecule has 2 rings (SSSR count). The average Bonchev–Trinajstić information content (AvgIpc) is 2.52. The van der Waals surface area contributed by atoms with Crippen LogP contribution in [0.2, 0.25) is 5.02 Å². The number of benzene rings is 1. The van der Waals surface area contributed by atoms with Crippen LogP contribution >= 0.6 is 11.6 Å². The van der Waals surface area contributed by atoms with Crippen LogP contribution in [0.25, 0.3) is 0 Å². The molecule has 1 aliphatic heterocycles. The van der Waals surface area contributed by atoms with E-state index in [1.165, 1.54) is 6.42 Å². The third kappa shape index (κ3) is 4.01. The molecule has 4 nitrogen and oxygen atoms in total. The molecule has 1 N–H and O–H groups in total. The normalized spacial score (nSPS) is 16.5. The van der Waals surface area contributed by atoms with Crippen molar-refractivity contribution in [1.82, 2.24) is 10.2 Å². The van der Waals surface area contributed by atoms with Crippen molar-refractivity contribution in [3.63, 3.8) is 0 Å². The predicted molar refractivity (Wildman–Crippen MR) is 88.0 cm³/mol. The zero-order chi connectivity index (χ0) is 16.1. The Hall–Kier alpha value is -1.55. The first-order valence-electron chi connectivity index (χ1n) is 7.85. The van der Waals surface area contributed by atoms with Gasteiger partial charge in [-0.1, -0.05) is 37.6 Å². The summed E-state index contributed by atoms with van der Waals surface area (Å²) in [5.41, 5.74) is 0.404. The second-order valence-corrected chi connectivity index (χ2v) is 6.47. The lowest BCUT2D eigenvalue weighted by Crippen LogP contribution is -2.52. The maximum atomic E-state index is 12.7. The molecule has 0 bridgehead atoms. The highest BCUT2D eigenvalue weighted by Crippen LogP contribution is 2.17. The van der Waals surface area contributed by atoms with Gasteiger partial charge in [0, 0.05) is 13.1 Å². The van der Waals surface area contributed by atoms with Gasteiger partial charge < -0.3 is 10.2 Å². The van der Waals surface area contributed by atoms with E-state index in [2.05, 4.69) is 5.32 Å². The van der Waals surface area contributed by atoms with Gasteiger partial charge in [-0.2, -0.15) is 0 Å². The number of likely N-dealkylation sites (tertiary alicyclic amines) is 1. The third-order valence-corrected chi connectivity index (χ3v) is 4.34. The summed E-state index contributed by atoms with van der Waals surface area (Å²) in [6.45, 7) is 5.45. The fraction of sp³-hybridized carbons (Fsp3) is 0.529. The molecule has 1 fully saturated rings. The number of carbonyl (C=O) groups is 2.